The second-order valence-corrected chi connectivity index (χ2v) is 7.41. The molecule has 0 atom stereocenters. The average molecular weight is 368 g/mol. The van der Waals surface area contributed by atoms with Crippen LogP contribution in [0.25, 0.3) is 22.2 Å². The molecule has 0 spiro atoms. The van der Waals surface area contributed by atoms with Gasteiger partial charge >= 0.3 is 0 Å². The summed E-state index contributed by atoms with van der Waals surface area (Å²) in [5.74, 6) is 0.0394. The fourth-order valence-corrected chi connectivity index (χ4v) is 3.86. The predicted octanol–water partition coefficient (Wildman–Crippen LogP) is 4.10. The first kappa shape index (κ1) is 16.7. The molecule has 28 heavy (non-hydrogen) atoms. The van der Waals surface area contributed by atoms with Crippen LogP contribution in [0.5, 0.6) is 0 Å². The van der Waals surface area contributed by atoms with Gasteiger partial charge in [0.05, 0.1) is 23.0 Å². The zero-order chi connectivity index (χ0) is 19.3. The van der Waals surface area contributed by atoms with Gasteiger partial charge in [-0.1, -0.05) is 36.4 Å². The summed E-state index contributed by atoms with van der Waals surface area (Å²) in [5, 5.41) is 5.14. The zero-order valence-electron chi connectivity index (χ0n) is 15.9. The smallest absolute Gasteiger partial charge is 0.255 e. The number of amides is 1. The van der Waals surface area contributed by atoms with Crippen molar-refractivity contribution in [1.29, 1.82) is 0 Å². The molecule has 3 heterocycles. The van der Waals surface area contributed by atoms with E-state index >= 15 is 0 Å². The molecule has 138 valence electrons. The van der Waals surface area contributed by atoms with E-state index in [4.69, 9.17) is 4.98 Å². The first-order valence-corrected chi connectivity index (χ1v) is 9.35. The van der Waals surface area contributed by atoms with E-state index in [0.717, 1.165) is 27.7 Å². The van der Waals surface area contributed by atoms with Crippen molar-refractivity contribution in [2.75, 3.05) is 0 Å². The van der Waals surface area contributed by atoms with Crippen LogP contribution in [-0.4, -0.2) is 25.6 Å². The molecule has 0 N–H and O–H groups in total. The lowest BCUT2D eigenvalue weighted by atomic mass is 10.0. The van der Waals surface area contributed by atoms with Crippen LogP contribution in [0.4, 0.5) is 0 Å². The lowest BCUT2D eigenvalue weighted by molar-refractivity contribution is 0.0753. The molecule has 0 fully saturated rings. The van der Waals surface area contributed by atoms with E-state index in [9.17, 15) is 4.79 Å². The Hall–Kier alpha value is -3.47. The molecule has 5 nitrogen and oxygen atoms in total. The topological polar surface area (TPSA) is 51.0 Å². The number of pyridine rings is 1. The zero-order valence-corrected chi connectivity index (χ0v) is 15.9. The normalized spacial score (nSPS) is 13.1. The van der Waals surface area contributed by atoms with Crippen molar-refractivity contribution in [2.24, 2.45) is 7.05 Å². The third-order valence-corrected chi connectivity index (χ3v) is 5.32. The van der Waals surface area contributed by atoms with E-state index in [-0.39, 0.29) is 5.91 Å². The highest BCUT2D eigenvalue weighted by Crippen LogP contribution is 2.29. The maximum absolute atomic E-state index is 13.5. The Bertz CT molecular complexity index is 1200. The molecule has 0 saturated carbocycles. The number of rotatable bonds is 2. The third-order valence-electron chi connectivity index (χ3n) is 5.32. The van der Waals surface area contributed by atoms with Crippen LogP contribution in [0, 0.1) is 6.92 Å². The minimum atomic E-state index is 0.0394. The monoisotopic (exact) mass is 368 g/mol. The Morgan fingerprint density at radius 1 is 1.04 bits per heavy atom. The van der Waals surface area contributed by atoms with Crippen LogP contribution in [0.2, 0.25) is 0 Å². The van der Waals surface area contributed by atoms with Crippen molar-refractivity contribution in [3.63, 3.8) is 0 Å². The summed E-state index contributed by atoms with van der Waals surface area (Å²) in [6.07, 6.45) is 3.70. The van der Waals surface area contributed by atoms with E-state index < -0.39 is 0 Å². The minimum absolute atomic E-state index is 0.0394. The molecule has 2 aromatic heterocycles. The van der Waals surface area contributed by atoms with Gasteiger partial charge in [-0.15, -0.1) is 0 Å². The summed E-state index contributed by atoms with van der Waals surface area (Å²) in [4.78, 5) is 20.2. The van der Waals surface area contributed by atoms with Crippen molar-refractivity contribution in [3.8, 4) is 11.3 Å². The first-order chi connectivity index (χ1) is 13.6. The second kappa shape index (κ2) is 6.30. The van der Waals surface area contributed by atoms with Gasteiger partial charge in [0.2, 0.25) is 0 Å². The number of hydrogen-bond donors (Lipinski definition) is 0. The molecule has 5 rings (SSSR count). The summed E-state index contributed by atoms with van der Waals surface area (Å²) >= 11 is 0. The first-order valence-electron chi connectivity index (χ1n) is 9.35. The number of nitrogens with zero attached hydrogens (tertiary/aromatic N) is 4. The van der Waals surface area contributed by atoms with E-state index in [1.165, 1.54) is 11.1 Å². The van der Waals surface area contributed by atoms with Gasteiger partial charge in [0, 0.05) is 37.3 Å². The van der Waals surface area contributed by atoms with Gasteiger partial charge < -0.3 is 4.90 Å². The van der Waals surface area contributed by atoms with Crippen molar-refractivity contribution in [2.45, 2.75) is 20.0 Å². The molecular formula is C23H20N4O. The van der Waals surface area contributed by atoms with Crippen molar-refractivity contribution >= 4 is 16.8 Å². The van der Waals surface area contributed by atoms with Gasteiger partial charge in [0.15, 0.2) is 0 Å². The summed E-state index contributed by atoms with van der Waals surface area (Å²) in [5.41, 5.74) is 6.76. The number of fused-ring (bicyclic) bond motifs is 2. The van der Waals surface area contributed by atoms with E-state index in [1.54, 1.807) is 10.9 Å². The molecule has 1 aliphatic heterocycles. The van der Waals surface area contributed by atoms with Gasteiger partial charge in [-0.2, -0.15) is 5.10 Å². The minimum Gasteiger partial charge on any atom is -0.330 e. The quantitative estimate of drug-likeness (QED) is 0.535. The molecular weight excluding hydrogens is 348 g/mol. The average Bonchev–Trinajstić information content (AvgIpc) is 3.32. The number of aryl methyl sites for hydroxylation is 2. The number of benzene rings is 2. The summed E-state index contributed by atoms with van der Waals surface area (Å²) in [7, 11) is 1.88. The number of aromatic nitrogens is 3. The summed E-state index contributed by atoms with van der Waals surface area (Å²) in [6.45, 7) is 3.33. The molecule has 5 heteroatoms. The number of carbonyl (C=O) groups excluding carboxylic acids is 1. The van der Waals surface area contributed by atoms with Crippen molar-refractivity contribution < 1.29 is 4.79 Å². The Morgan fingerprint density at radius 3 is 2.46 bits per heavy atom. The molecule has 0 saturated heterocycles. The van der Waals surface area contributed by atoms with Crippen LogP contribution in [-0.2, 0) is 20.1 Å². The fraction of sp³-hybridized carbons (Fsp3) is 0.174. The molecule has 1 amide bonds. The number of hydrogen-bond acceptors (Lipinski definition) is 3. The Kier molecular flexibility index (Phi) is 3.76. The Morgan fingerprint density at radius 2 is 1.79 bits per heavy atom. The van der Waals surface area contributed by atoms with Crippen LogP contribution in [0.3, 0.4) is 0 Å². The third kappa shape index (κ3) is 2.76. The van der Waals surface area contributed by atoms with Gasteiger partial charge in [0.25, 0.3) is 5.91 Å². The van der Waals surface area contributed by atoms with E-state index in [1.807, 2.05) is 61.5 Å². The van der Waals surface area contributed by atoms with Gasteiger partial charge in [0.1, 0.15) is 0 Å². The van der Waals surface area contributed by atoms with Crippen LogP contribution in [0.1, 0.15) is 27.0 Å². The largest absolute Gasteiger partial charge is 0.330 e. The standard InChI is InChI=1S/C23H20N4O/c1-15-7-8-19-20(23(28)27-13-16-5-3-4-6-17(16)14-27)10-21(25-22(19)9-15)18-11-24-26(2)12-18/h3-12H,13-14H2,1-2H3. The van der Waals surface area contributed by atoms with Crippen LogP contribution < -0.4 is 0 Å². The highest BCUT2D eigenvalue weighted by molar-refractivity contribution is 6.07. The molecule has 4 aromatic rings. The molecule has 0 radical (unpaired) electrons. The van der Waals surface area contributed by atoms with Crippen LogP contribution >= 0.6 is 0 Å². The molecule has 1 aliphatic rings. The van der Waals surface area contributed by atoms with E-state index in [2.05, 4.69) is 17.2 Å². The molecule has 0 bridgehead atoms. The van der Waals surface area contributed by atoms with Gasteiger partial charge in [-0.25, -0.2) is 4.98 Å². The van der Waals surface area contributed by atoms with Crippen molar-refractivity contribution in [1.82, 2.24) is 19.7 Å². The molecule has 2 aromatic carbocycles. The highest BCUT2D eigenvalue weighted by atomic mass is 16.2. The fourth-order valence-electron chi connectivity index (χ4n) is 3.86. The van der Waals surface area contributed by atoms with Crippen molar-refractivity contribution in [3.05, 3.63) is 83.2 Å². The Balaban J connectivity index is 1.62. The second-order valence-electron chi connectivity index (χ2n) is 7.41. The van der Waals surface area contributed by atoms with Gasteiger partial charge in [-0.05, 0) is 35.7 Å². The molecule has 0 aliphatic carbocycles. The maximum Gasteiger partial charge on any atom is 0.255 e. The molecule has 0 unspecified atom stereocenters. The lowest BCUT2D eigenvalue weighted by Gasteiger charge is -2.17. The van der Waals surface area contributed by atoms with Gasteiger partial charge in [-0.3, -0.25) is 9.48 Å². The van der Waals surface area contributed by atoms with E-state index in [0.29, 0.717) is 18.7 Å². The lowest BCUT2D eigenvalue weighted by Crippen LogP contribution is -2.25. The number of carbonyl (C=O) groups is 1. The summed E-state index contributed by atoms with van der Waals surface area (Å²) in [6, 6.07) is 16.2. The Labute approximate surface area is 163 Å². The predicted molar refractivity (Wildman–Crippen MR) is 109 cm³/mol. The SMILES string of the molecule is Cc1ccc2c(C(=O)N3Cc4ccccc4C3)cc(-c3cnn(C)c3)nc2c1. The highest BCUT2D eigenvalue weighted by Gasteiger charge is 2.26. The van der Waals surface area contributed by atoms with Crippen LogP contribution in [0.15, 0.2) is 60.9 Å². The summed E-state index contributed by atoms with van der Waals surface area (Å²) < 4.78 is 1.75. The maximum atomic E-state index is 13.5.